The predicted molar refractivity (Wildman–Crippen MR) is 18.1 cm³/mol. The van der Waals surface area contributed by atoms with Crippen LogP contribution >= 0.6 is 0 Å². The number of nitrogens with zero attached hydrogens (tertiary/aromatic N) is 2. The van der Waals surface area contributed by atoms with Gasteiger partial charge in [0.15, 0.2) is 0 Å². The number of rotatable bonds is 0. The first-order valence-electron chi connectivity index (χ1n) is 0.855. The van der Waals surface area contributed by atoms with E-state index in [0.717, 1.165) is 0 Å². The Labute approximate surface area is 52.7 Å². The van der Waals surface area contributed by atoms with Crippen molar-refractivity contribution in [2.24, 2.45) is 0 Å². The van der Waals surface area contributed by atoms with Gasteiger partial charge in [-0.15, -0.1) is 0 Å². The quantitative estimate of drug-likeness (QED) is 0.271. The van der Waals surface area contributed by atoms with Gasteiger partial charge in [0.2, 0.25) is 0 Å². The first-order valence-corrected chi connectivity index (χ1v) is 0.855. The van der Waals surface area contributed by atoms with Crippen LogP contribution in [0.2, 0.25) is 0 Å². The normalized spacial score (nSPS) is 2.29. The van der Waals surface area contributed by atoms with E-state index in [1.54, 1.807) is 0 Å². The van der Waals surface area contributed by atoms with E-state index in [2.05, 4.69) is 0 Å². The molecule has 0 saturated heterocycles. The van der Waals surface area contributed by atoms with Gasteiger partial charge >= 0.3 is 19.5 Å². The van der Waals surface area contributed by atoms with E-state index in [9.17, 15) is 0 Å². The van der Waals surface area contributed by atoms with Gasteiger partial charge in [0.1, 0.15) is 0 Å². The van der Waals surface area contributed by atoms with Crippen molar-refractivity contribution in [1.82, 2.24) is 0 Å². The van der Waals surface area contributed by atoms with Gasteiger partial charge in [0.25, 0.3) is 0 Å². The van der Waals surface area contributed by atoms with Crippen LogP contribution < -0.4 is 0 Å². The molecule has 7 heavy (non-hydrogen) atoms. The van der Waals surface area contributed by atoms with Crippen molar-refractivity contribution in [3.8, 4) is 0 Å². The smallest absolute Gasteiger partial charge is 0.724 e. The molecule has 0 N–H and O–H groups in total. The van der Waals surface area contributed by atoms with E-state index in [4.69, 9.17) is 20.4 Å². The van der Waals surface area contributed by atoms with Gasteiger partial charge in [-0.2, -0.15) is 0 Å². The molecule has 0 aromatic heterocycles. The Bertz CT molecular complexity index is 67.7. The Morgan fingerprint density at radius 3 is 1.00 bits per heavy atom. The van der Waals surface area contributed by atoms with Crippen LogP contribution in [0.1, 0.15) is 0 Å². The largest absolute Gasteiger partial charge is 2.00 e. The van der Waals surface area contributed by atoms with E-state index in [0.29, 0.717) is 12.2 Å². The zero-order valence-electron chi connectivity index (χ0n) is 3.42. The summed E-state index contributed by atoms with van der Waals surface area (Å²) in [6.45, 7) is 0. The second-order valence-corrected chi connectivity index (χ2v) is 0.183. The van der Waals surface area contributed by atoms with Crippen molar-refractivity contribution >= 4 is 12.2 Å². The Kier molecular flexibility index (Phi) is 125. The molecule has 0 aromatic carbocycles. The summed E-state index contributed by atoms with van der Waals surface area (Å²) < 4.78 is 0. The van der Waals surface area contributed by atoms with Crippen molar-refractivity contribution < 1.29 is 29.1 Å². The molecular weight excluding hydrogens is 149 g/mol. The van der Waals surface area contributed by atoms with Gasteiger partial charge in [-0.1, -0.05) is 0 Å². The van der Waals surface area contributed by atoms with Crippen molar-refractivity contribution in [3.63, 3.8) is 0 Å². The summed E-state index contributed by atoms with van der Waals surface area (Å²) in [6.07, 6.45) is 1.00. The molecule has 0 radical (unpaired) electrons. The average molecular weight is 149 g/mol. The predicted octanol–water partition coefficient (Wildman–Crippen LogP) is -0.219. The van der Waals surface area contributed by atoms with Gasteiger partial charge in [0.05, 0.1) is 0 Å². The van der Waals surface area contributed by atoms with Crippen LogP contribution in [0, 0.1) is 0 Å². The average Bonchev–Trinajstić information content (AvgIpc) is 1.39. The SMILES string of the molecule is [N-]=C=O.[N-]=C=O.[Zn+2]. The van der Waals surface area contributed by atoms with Crippen molar-refractivity contribution in [2.45, 2.75) is 0 Å². The topological polar surface area (TPSA) is 78.7 Å². The van der Waals surface area contributed by atoms with Crippen molar-refractivity contribution in [1.29, 1.82) is 0 Å². The number of isocyanates is 2. The van der Waals surface area contributed by atoms with Crippen LogP contribution in [0.4, 0.5) is 0 Å². The fraction of sp³-hybridized carbons (Fsp3) is 0. The van der Waals surface area contributed by atoms with Gasteiger partial charge in [-0.25, -0.2) is 0 Å². The van der Waals surface area contributed by atoms with Crippen LogP contribution in [0.5, 0.6) is 0 Å². The second kappa shape index (κ2) is 54.0. The first-order chi connectivity index (χ1) is 2.83. The molecule has 0 aliphatic rings. The second-order valence-electron chi connectivity index (χ2n) is 0.183. The molecule has 0 aromatic rings. The molecular formula is C2N2O2Zn. The van der Waals surface area contributed by atoms with Crippen LogP contribution in [0.15, 0.2) is 0 Å². The Balaban J connectivity index is -0.0000000400. The molecule has 0 fully saturated rings. The van der Waals surface area contributed by atoms with E-state index in [1.807, 2.05) is 0 Å². The molecule has 4 nitrogen and oxygen atoms in total. The monoisotopic (exact) mass is 148 g/mol. The summed E-state index contributed by atoms with van der Waals surface area (Å²) in [5.41, 5.74) is 0. The van der Waals surface area contributed by atoms with Crippen molar-refractivity contribution in [3.05, 3.63) is 10.8 Å². The van der Waals surface area contributed by atoms with Crippen LogP contribution in [-0.4, -0.2) is 12.2 Å². The number of hydrogen-bond donors (Lipinski definition) is 0. The molecule has 0 atom stereocenters. The molecule has 0 aliphatic carbocycles. The summed E-state index contributed by atoms with van der Waals surface area (Å²) in [5.74, 6) is 0. The third-order valence-electron chi connectivity index (χ3n) is 0. The summed E-state index contributed by atoms with van der Waals surface area (Å²) in [7, 11) is 0. The third-order valence-corrected chi connectivity index (χ3v) is 0. The Hall–Kier alpha value is -0.617. The first kappa shape index (κ1) is 16.2. The number of hydrogen-bond acceptors (Lipinski definition) is 2. The molecule has 0 aliphatic heterocycles. The Morgan fingerprint density at radius 1 is 1.00 bits per heavy atom. The molecule has 0 rings (SSSR count). The summed E-state index contributed by atoms with van der Waals surface area (Å²) in [5, 5.41) is 13.5. The summed E-state index contributed by atoms with van der Waals surface area (Å²) >= 11 is 0. The Morgan fingerprint density at radius 2 is 1.00 bits per heavy atom. The van der Waals surface area contributed by atoms with E-state index in [1.165, 1.54) is 0 Å². The van der Waals surface area contributed by atoms with Crippen molar-refractivity contribution in [2.75, 3.05) is 0 Å². The minimum atomic E-state index is 0. The maximum absolute atomic E-state index is 8.24. The van der Waals surface area contributed by atoms with E-state index >= 15 is 0 Å². The zero-order valence-corrected chi connectivity index (χ0v) is 6.39. The van der Waals surface area contributed by atoms with Crippen LogP contribution in [0.25, 0.3) is 10.8 Å². The summed E-state index contributed by atoms with van der Waals surface area (Å²) in [4.78, 5) is 16.5. The van der Waals surface area contributed by atoms with Gasteiger partial charge in [-0.3, -0.25) is 9.59 Å². The fourth-order valence-corrected chi connectivity index (χ4v) is 0. The maximum atomic E-state index is 8.24. The van der Waals surface area contributed by atoms with Gasteiger partial charge in [0, 0.05) is 0 Å². The molecule has 32 valence electrons. The molecule has 5 heteroatoms. The maximum Gasteiger partial charge on any atom is 2.00 e. The van der Waals surface area contributed by atoms with Gasteiger partial charge < -0.3 is 10.8 Å². The molecule has 0 spiro atoms. The van der Waals surface area contributed by atoms with E-state index in [-0.39, 0.29) is 19.5 Å². The fourth-order valence-electron chi connectivity index (χ4n) is 0. The number of carbonyl (C=O) groups excluding carboxylic acids is 2. The van der Waals surface area contributed by atoms with Crippen LogP contribution in [-0.2, 0) is 29.1 Å². The molecule has 0 bridgehead atoms. The standard InChI is InChI=1S/2CNO.Zn/c2*2-1-3;/q2*-1;+2. The van der Waals surface area contributed by atoms with Crippen LogP contribution in [0.3, 0.4) is 0 Å². The minimum absolute atomic E-state index is 0. The molecule has 0 saturated carbocycles. The molecule has 0 heterocycles. The van der Waals surface area contributed by atoms with Gasteiger partial charge in [-0.05, 0) is 12.2 Å². The minimum Gasteiger partial charge on any atom is -0.724 e. The molecule has 0 unspecified atom stereocenters. The molecule has 0 amide bonds. The summed E-state index contributed by atoms with van der Waals surface area (Å²) in [6, 6.07) is 0. The zero-order chi connectivity index (χ0) is 5.41. The van der Waals surface area contributed by atoms with E-state index < -0.39 is 0 Å². The third kappa shape index (κ3) is 162.